The Kier molecular flexibility index (Phi) is 65.4. The molecule has 0 saturated heterocycles. The summed E-state index contributed by atoms with van der Waals surface area (Å²) in [6.07, 6.45) is 84.1. The summed E-state index contributed by atoms with van der Waals surface area (Å²) in [5.74, 6) is -0.0447. The number of nitrogens with one attached hydrogen (secondary N) is 1. The molecule has 0 aliphatic carbocycles. The molecule has 3 N–H and O–H groups in total. The third-order valence-electron chi connectivity index (χ3n) is 16.5. The zero-order chi connectivity index (χ0) is 55.7. The zero-order valence-electron chi connectivity index (χ0n) is 52.2. The average molecular weight is 1080 g/mol. The van der Waals surface area contributed by atoms with Crippen molar-refractivity contribution in [2.45, 2.75) is 405 Å². The molecule has 2 atom stereocenters. The molecule has 6 nitrogen and oxygen atoms in total. The second-order valence-electron chi connectivity index (χ2n) is 24.2. The van der Waals surface area contributed by atoms with Crippen molar-refractivity contribution in [3.05, 3.63) is 24.3 Å². The molecule has 77 heavy (non-hydrogen) atoms. The molecule has 0 aliphatic rings. The first-order valence-electron chi connectivity index (χ1n) is 35.1. The lowest BCUT2D eigenvalue weighted by molar-refractivity contribution is -0.143. The lowest BCUT2D eigenvalue weighted by Gasteiger charge is -2.20. The van der Waals surface area contributed by atoms with Crippen LogP contribution in [0.25, 0.3) is 0 Å². The van der Waals surface area contributed by atoms with Gasteiger partial charge in [-0.25, -0.2) is 0 Å². The molecule has 0 radical (unpaired) electrons. The van der Waals surface area contributed by atoms with Gasteiger partial charge in [0, 0.05) is 12.8 Å². The van der Waals surface area contributed by atoms with Crippen molar-refractivity contribution in [2.75, 3.05) is 13.2 Å². The first-order chi connectivity index (χ1) is 38.0. The van der Waals surface area contributed by atoms with Gasteiger partial charge in [-0.05, 0) is 57.8 Å². The van der Waals surface area contributed by atoms with Gasteiger partial charge in [-0.1, -0.05) is 346 Å². The van der Waals surface area contributed by atoms with Crippen LogP contribution in [0.1, 0.15) is 393 Å². The molecule has 0 aromatic heterocycles. The summed E-state index contributed by atoms with van der Waals surface area (Å²) in [6.45, 7) is 4.93. The Morgan fingerprint density at radius 3 is 0.922 bits per heavy atom. The maximum Gasteiger partial charge on any atom is 0.305 e. The number of hydrogen-bond donors (Lipinski definition) is 3. The minimum absolute atomic E-state index is 0.0216. The van der Waals surface area contributed by atoms with E-state index in [2.05, 4.69) is 31.3 Å². The molecule has 0 aliphatic heterocycles. The topological polar surface area (TPSA) is 95.9 Å². The van der Waals surface area contributed by atoms with Crippen LogP contribution < -0.4 is 5.32 Å². The number of ether oxygens (including phenoxy) is 1. The van der Waals surface area contributed by atoms with Gasteiger partial charge in [-0.15, -0.1) is 0 Å². The molecular weight excluding hydrogens is 947 g/mol. The maximum atomic E-state index is 12.4. The Balaban J connectivity index is 3.34. The van der Waals surface area contributed by atoms with E-state index in [4.69, 9.17) is 4.74 Å². The number of unbranched alkanes of at least 4 members (excludes halogenated alkanes) is 53. The summed E-state index contributed by atoms with van der Waals surface area (Å²) in [7, 11) is 0. The number of amides is 1. The lowest BCUT2D eigenvalue weighted by atomic mass is 10.0. The van der Waals surface area contributed by atoms with E-state index in [9.17, 15) is 19.8 Å². The second kappa shape index (κ2) is 66.8. The summed E-state index contributed by atoms with van der Waals surface area (Å²) >= 11 is 0. The van der Waals surface area contributed by atoms with E-state index in [0.717, 1.165) is 38.5 Å². The maximum absolute atomic E-state index is 12.4. The van der Waals surface area contributed by atoms with E-state index < -0.39 is 12.1 Å². The molecule has 6 heteroatoms. The predicted molar refractivity (Wildman–Crippen MR) is 338 cm³/mol. The summed E-state index contributed by atoms with van der Waals surface area (Å²) in [6, 6.07) is -0.626. The van der Waals surface area contributed by atoms with E-state index >= 15 is 0 Å². The number of carbonyl (C=O) groups is 2. The Bertz CT molecular complexity index is 1200. The van der Waals surface area contributed by atoms with Gasteiger partial charge < -0.3 is 20.3 Å². The molecule has 456 valence electrons. The largest absolute Gasteiger partial charge is 0.466 e. The molecule has 0 aromatic carbocycles. The highest BCUT2D eigenvalue weighted by Gasteiger charge is 2.18. The fourth-order valence-corrected chi connectivity index (χ4v) is 11.1. The highest BCUT2D eigenvalue weighted by atomic mass is 16.5. The monoisotopic (exact) mass is 1080 g/mol. The van der Waals surface area contributed by atoms with E-state index in [0.29, 0.717) is 19.4 Å². The highest BCUT2D eigenvalue weighted by Crippen LogP contribution is 2.19. The number of aliphatic hydroxyl groups excluding tert-OH is 2. The van der Waals surface area contributed by atoms with Crippen LogP contribution in [0.3, 0.4) is 0 Å². The van der Waals surface area contributed by atoms with Crippen LogP contribution in [0.4, 0.5) is 0 Å². The van der Waals surface area contributed by atoms with Gasteiger partial charge in [0.2, 0.25) is 5.91 Å². The summed E-state index contributed by atoms with van der Waals surface area (Å²) in [5, 5.41) is 23.1. The Morgan fingerprint density at radius 2 is 0.610 bits per heavy atom. The molecular formula is C71H137NO5. The smallest absolute Gasteiger partial charge is 0.305 e. The Hall–Kier alpha value is -1.66. The van der Waals surface area contributed by atoms with Crippen LogP contribution in [0.2, 0.25) is 0 Å². The van der Waals surface area contributed by atoms with Crippen LogP contribution >= 0.6 is 0 Å². The molecule has 0 rings (SSSR count). The van der Waals surface area contributed by atoms with E-state index in [1.165, 1.54) is 327 Å². The van der Waals surface area contributed by atoms with Crippen LogP contribution in [0.5, 0.6) is 0 Å². The number of carbonyl (C=O) groups excluding carboxylic acids is 2. The summed E-state index contributed by atoms with van der Waals surface area (Å²) < 4.78 is 5.51. The van der Waals surface area contributed by atoms with Crippen molar-refractivity contribution in [3.8, 4) is 0 Å². The van der Waals surface area contributed by atoms with E-state index in [1.54, 1.807) is 6.08 Å². The standard InChI is InChI=1S/C71H137NO5/c1-3-5-7-9-11-13-15-17-18-19-31-35-38-41-45-49-53-57-61-65-71(76)77-66-62-58-54-50-46-42-39-36-33-30-28-26-24-22-20-21-23-25-27-29-32-34-37-40-44-48-52-56-60-64-70(75)72-68(67-73)69(74)63-59-55-51-47-43-16-14-12-10-8-6-4-2/h20,22,59,63,68-69,73-74H,3-19,21,23-58,60-62,64-67H2,1-2H3,(H,72,75)/b22-20-,63-59+. The van der Waals surface area contributed by atoms with Crippen molar-refractivity contribution >= 4 is 11.9 Å². The SMILES string of the molecule is CCCCCCCCCCCC/C=C/C(O)C(CO)NC(=O)CCCCCCCCCCCCCCC/C=C\CCCCCCCCCCCCCCOC(=O)CCCCCCCCCCCCCCCCCCCCC. The van der Waals surface area contributed by atoms with Gasteiger partial charge >= 0.3 is 5.97 Å². The van der Waals surface area contributed by atoms with Crippen molar-refractivity contribution in [3.63, 3.8) is 0 Å². The Labute approximate surface area is 481 Å². The molecule has 0 fully saturated rings. The van der Waals surface area contributed by atoms with Crippen molar-refractivity contribution in [2.24, 2.45) is 0 Å². The molecule has 0 aromatic rings. The molecule has 1 amide bonds. The number of hydrogen-bond acceptors (Lipinski definition) is 5. The van der Waals surface area contributed by atoms with Gasteiger partial charge in [0.05, 0.1) is 25.4 Å². The highest BCUT2D eigenvalue weighted by molar-refractivity contribution is 5.76. The number of aliphatic hydroxyl groups is 2. The molecule has 0 spiro atoms. The minimum Gasteiger partial charge on any atom is -0.466 e. The van der Waals surface area contributed by atoms with Crippen molar-refractivity contribution in [1.29, 1.82) is 0 Å². The van der Waals surface area contributed by atoms with Gasteiger partial charge in [-0.3, -0.25) is 9.59 Å². The van der Waals surface area contributed by atoms with Crippen LogP contribution in [0.15, 0.2) is 24.3 Å². The van der Waals surface area contributed by atoms with Crippen LogP contribution in [-0.4, -0.2) is 47.4 Å². The predicted octanol–water partition coefficient (Wildman–Crippen LogP) is 22.5. The van der Waals surface area contributed by atoms with Gasteiger partial charge in [0.25, 0.3) is 0 Å². The van der Waals surface area contributed by atoms with Gasteiger partial charge in [0.15, 0.2) is 0 Å². The number of allylic oxidation sites excluding steroid dienone is 3. The Morgan fingerprint density at radius 1 is 0.351 bits per heavy atom. The normalized spacial score (nSPS) is 12.6. The molecule has 0 bridgehead atoms. The quantitative estimate of drug-likeness (QED) is 0.0320. The third-order valence-corrected chi connectivity index (χ3v) is 16.5. The lowest BCUT2D eigenvalue weighted by Crippen LogP contribution is -2.45. The summed E-state index contributed by atoms with van der Waals surface area (Å²) in [5.41, 5.74) is 0. The van der Waals surface area contributed by atoms with E-state index in [1.807, 2.05) is 6.08 Å². The van der Waals surface area contributed by atoms with Crippen LogP contribution in [0, 0.1) is 0 Å². The van der Waals surface area contributed by atoms with E-state index in [-0.39, 0.29) is 18.5 Å². The van der Waals surface area contributed by atoms with Crippen molar-refractivity contribution < 1.29 is 24.5 Å². The number of esters is 1. The summed E-state index contributed by atoms with van der Waals surface area (Å²) in [4.78, 5) is 24.6. The molecule has 0 saturated carbocycles. The molecule has 2 unspecified atom stereocenters. The van der Waals surface area contributed by atoms with Crippen LogP contribution in [-0.2, 0) is 14.3 Å². The number of rotatable bonds is 66. The molecule has 0 heterocycles. The first-order valence-corrected chi connectivity index (χ1v) is 35.1. The fraction of sp³-hybridized carbons (Fsp3) is 0.915. The fourth-order valence-electron chi connectivity index (χ4n) is 11.1. The minimum atomic E-state index is -0.842. The first kappa shape index (κ1) is 75.3. The zero-order valence-corrected chi connectivity index (χ0v) is 52.2. The average Bonchev–Trinajstić information content (AvgIpc) is 3.43. The van der Waals surface area contributed by atoms with Crippen molar-refractivity contribution in [1.82, 2.24) is 5.32 Å². The van der Waals surface area contributed by atoms with Gasteiger partial charge in [-0.2, -0.15) is 0 Å². The third kappa shape index (κ3) is 63.4. The second-order valence-corrected chi connectivity index (χ2v) is 24.2. The van der Waals surface area contributed by atoms with Gasteiger partial charge in [0.1, 0.15) is 0 Å².